The quantitative estimate of drug-likeness (QED) is 0.576. The molecular formula is C27H29FN4O3. The zero-order valence-corrected chi connectivity index (χ0v) is 19.8. The molecule has 0 N–H and O–H groups in total. The summed E-state index contributed by atoms with van der Waals surface area (Å²) in [6.07, 6.45) is 3.26. The van der Waals surface area contributed by atoms with E-state index in [2.05, 4.69) is 0 Å². The van der Waals surface area contributed by atoms with E-state index in [1.54, 1.807) is 27.9 Å². The lowest BCUT2D eigenvalue weighted by atomic mass is 9.95. The van der Waals surface area contributed by atoms with E-state index < -0.39 is 0 Å². The van der Waals surface area contributed by atoms with Crippen molar-refractivity contribution in [1.29, 1.82) is 0 Å². The molecule has 0 aliphatic carbocycles. The third-order valence-electron chi connectivity index (χ3n) is 6.71. The van der Waals surface area contributed by atoms with Gasteiger partial charge in [-0.25, -0.2) is 9.07 Å². The number of likely N-dealkylation sites (tertiary alicyclic amines) is 1. The molecule has 2 aliphatic heterocycles. The van der Waals surface area contributed by atoms with Crippen molar-refractivity contribution in [2.24, 2.45) is 5.92 Å². The standard InChI is InChI=1S/C27H29FN4O3/c1-19-4-2-5-20(16-19)25-24(18-32(29-25)23-9-7-22(28)8-10-23)27(34)31-11-3-6-21(17-31)26(33)30-12-14-35-15-13-30/h2,4-5,7-10,16,18,21H,3,6,11-15,17H2,1H3. The van der Waals surface area contributed by atoms with Crippen LogP contribution in [0.15, 0.2) is 54.7 Å². The predicted molar refractivity (Wildman–Crippen MR) is 130 cm³/mol. The molecule has 7 nitrogen and oxygen atoms in total. The van der Waals surface area contributed by atoms with E-state index >= 15 is 0 Å². The number of rotatable bonds is 4. The Kier molecular flexibility index (Phi) is 6.63. The lowest BCUT2D eigenvalue weighted by Gasteiger charge is -2.36. The summed E-state index contributed by atoms with van der Waals surface area (Å²) < 4.78 is 20.5. The molecule has 0 bridgehead atoms. The summed E-state index contributed by atoms with van der Waals surface area (Å²) in [5, 5.41) is 4.72. The number of amides is 2. The normalized spacial score (nSPS) is 18.5. The molecular weight excluding hydrogens is 447 g/mol. The third-order valence-corrected chi connectivity index (χ3v) is 6.71. The van der Waals surface area contributed by atoms with Crippen LogP contribution in [0.5, 0.6) is 0 Å². The van der Waals surface area contributed by atoms with Gasteiger partial charge in [-0.3, -0.25) is 9.59 Å². The van der Waals surface area contributed by atoms with Gasteiger partial charge >= 0.3 is 0 Å². The molecule has 2 aromatic carbocycles. The number of hydrogen-bond donors (Lipinski definition) is 0. The Labute approximate surface area is 204 Å². The summed E-state index contributed by atoms with van der Waals surface area (Å²) in [4.78, 5) is 30.5. The lowest BCUT2D eigenvalue weighted by Crippen LogP contribution is -2.49. The Morgan fingerprint density at radius 2 is 1.80 bits per heavy atom. The van der Waals surface area contributed by atoms with Gasteiger partial charge in [-0.1, -0.05) is 23.8 Å². The van der Waals surface area contributed by atoms with Gasteiger partial charge in [0.15, 0.2) is 0 Å². The molecule has 35 heavy (non-hydrogen) atoms. The van der Waals surface area contributed by atoms with Crippen LogP contribution in [0, 0.1) is 18.7 Å². The van der Waals surface area contributed by atoms with E-state index in [0.717, 1.165) is 24.0 Å². The second-order valence-corrected chi connectivity index (χ2v) is 9.21. The summed E-state index contributed by atoms with van der Waals surface area (Å²) in [5.41, 5.74) is 3.61. The molecule has 1 atom stereocenters. The number of piperidine rings is 1. The van der Waals surface area contributed by atoms with Crippen molar-refractivity contribution < 1.29 is 18.7 Å². The van der Waals surface area contributed by atoms with Gasteiger partial charge in [0.2, 0.25) is 5.91 Å². The minimum atomic E-state index is -0.333. The van der Waals surface area contributed by atoms with Crippen LogP contribution in [0.25, 0.3) is 16.9 Å². The molecule has 5 rings (SSSR count). The molecule has 2 amide bonds. The number of morpholine rings is 1. The van der Waals surface area contributed by atoms with Crippen LogP contribution >= 0.6 is 0 Å². The maximum atomic E-state index is 13.8. The highest BCUT2D eigenvalue weighted by molar-refractivity contribution is 6.00. The van der Waals surface area contributed by atoms with Crippen molar-refractivity contribution >= 4 is 11.8 Å². The lowest BCUT2D eigenvalue weighted by molar-refractivity contribution is -0.141. The van der Waals surface area contributed by atoms with E-state index in [9.17, 15) is 14.0 Å². The first-order chi connectivity index (χ1) is 17.0. The van der Waals surface area contributed by atoms with E-state index in [0.29, 0.717) is 56.3 Å². The molecule has 1 aromatic heterocycles. The Bertz CT molecular complexity index is 1220. The minimum absolute atomic E-state index is 0.103. The number of carbonyl (C=O) groups is 2. The first-order valence-corrected chi connectivity index (χ1v) is 12.1. The molecule has 2 saturated heterocycles. The average Bonchev–Trinajstić information content (AvgIpc) is 3.34. The maximum Gasteiger partial charge on any atom is 0.257 e. The van der Waals surface area contributed by atoms with Crippen molar-refractivity contribution in [3.63, 3.8) is 0 Å². The zero-order valence-electron chi connectivity index (χ0n) is 19.8. The molecule has 0 radical (unpaired) electrons. The van der Waals surface area contributed by atoms with E-state index in [1.807, 2.05) is 36.1 Å². The summed E-state index contributed by atoms with van der Waals surface area (Å²) >= 11 is 0. The van der Waals surface area contributed by atoms with Crippen LogP contribution in [0.1, 0.15) is 28.8 Å². The van der Waals surface area contributed by atoms with Crippen molar-refractivity contribution in [2.75, 3.05) is 39.4 Å². The second kappa shape index (κ2) is 10.00. The molecule has 1 unspecified atom stereocenters. The van der Waals surface area contributed by atoms with E-state index in [-0.39, 0.29) is 23.5 Å². The number of aromatic nitrogens is 2. The van der Waals surface area contributed by atoms with Crippen molar-refractivity contribution in [1.82, 2.24) is 19.6 Å². The van der Waals surface area contributed by atoms with Crippen LogP contribution in [-0.4, -0.2) is 70.8 Å². The minimum Gasteiger partial charge on any atom is -0.378 e. The summed E-state index contributed by atoms with van der Waals surface area (Å²) in [5.74, 6) is -0.582. The van der Waals surface area contributed by atoms with Gasteiger partial charge in [0.05, 0.1) is 30.4 Å². The van der Waals surface area contributed by atoms with Gasteiger partial charge < -0.3 is 14.5 Å². The summed E-state index contributed by atoms with van der Waals surface area (Å²) in [6, 6.07) is 13.9. The van der Waals surface area contributed by atoms with Crippen LogP contribution < -0.4 is 0 Å². The number of hydrogen-bond acceptors (Lipinski definition) is 4. The first kappa shape index (κ1) is 23.2. The number of nitrogens with zero attached hydrogens (tertiary/aromatic N) is 4. The van der Waals surface area contributed by atoms with Crippen molar-refractivity contribution in [2.45, 2.75) is 19.8 Å². The van der Waals surface area contributed by atoms with Gasteiger partial charge in [-0.2, -0.15) is 5.10 Å². The Balaban J connectivity index is 1.44. The number of halogens is 1. The predicted octanol–water partition coefficient (Wildman–Crippen LogP) is 3.70. The fourth-order valence-corrected chi connectivity index (χ4v) is 4.84. The van der Waals surface area contributed by atoms with Gasteiger partial charge in [-0.05, 0) is 50.1 Å². The van der Waals surface area contributed by atoms with Crippen molar-refractivity contribution in [3.8, 4) is 16.9 Å². The molecule has 3 aromatic rings. The Hall–Kier alpha value is -3.52. The molecule has 0 saturated carbocycles. The van der Waals surface area contributed by atoms with Gasteiger partial charge in [0.1, 0.15) is 11.5 Å². The molecule has 0 spiro atoms. The summed E-state index contributed by atoms with van der Waals surface area (Å²) in [7, 11) is 0. The number of ether oxygens (including phenoxy) is 1. The van der Waals surface area contributed by atoms with Gasteiger partial charge in [-0.15, -0.1) is 0 Å². The second-order valence-electron chi connectivity index (χ2n) is 9.21. The fraction of sp³-hybridized carbons (Fsp3) is 0.370. The van der Waals surface area contributed by atoms with Crippen LogP contribution in [-0.2, 0) is 9.53 Å². The first-order valence-electron chi connectivity index (χ1n) is 12.1. The molecule has 182 valence electrons. The van der Waals surface area contributed by atoms with Crippen molar-refractivity contribution in [3.05, 3.63) is 71.7 Å². The third kappa shape index (κ3) is 4.98. The smallest absolute Gasteiger partial charge is 0.257 e. The maximum absolute atomic E-state index is 13.8. The van der Waals surface area contributed by atoms with Gasteiger partial charge in [0.25, 0.3) is 5.91 Å². The van der Waals surface area contributed by atoms with Crippen LogP contribution in [0.3, 0.4) is 0 Å². The zero-order chi connectivity index (χ0) is 24.4. The SMILES string of the molecule is Cc1cccc(-c2nn(-c3ccc(F)cc3)cc2C(=O)N2CCCC(C(=O)N3CCOCC3)C2)c1. The number of benzene rings is 2. The molecule has 2 aliphatic rings. The summed E-state index contributed by atoms with van der Waals surface area (Å²) in [6.45, 7) is 5.31. The average molecular weight is 477 g/mol. The van der Waals surface area contributed by atoms with Gasteiger partial charge in [0, 0.05) is 37.9 Å². The highest BCUT2D eigenvalue weighted by Crippen LogP contribution is 2.28. The highest BCUT2D eigenvalue weighted by Gasteiger charge is 2.33. The number of aryl methyl sites for hydroxylation is 1. The molecule has 8 heteroatoms. The molecule has 3 heterocycles. The van der Waals surface area contributed by atoms with Crippen LogP contribution in [0.4, 0.5) is 4.39 Å². The van der Waals surface area contributed by atoms with E-state index in [4.69, 9.17) is 9.84 Å². The topological polar surface area (TPSA) is 67.7 Å². The largest absolute Gasteiger partial charge is 0.378 e. The number of carbonyl (C=O) groups excluding carboxylic acids is 2. The van der Waals surface area contributed by atoms with E-state index in [1.165, 1.54) is 12.1 Å². The Morgan fingerprint density at radius 1 is 1.03 bits per heavy atom. The molecule has 2 fully saturated rings. The highest BCUT2D eigenvalue weighted by atomic mass is 19.1. The fourth-order valence-electron chi connectivity index (χ4n) is 4.84. The Morgan fingerprint density at radius 3 is 2.54 bits per heavy atom. The van der Waals surface area contributed by atoms with Crippen LogP contribution in [0.2, 0.25) is 0 Å². The monoisotopic (exact) mass is 476 g/mol.